The Hall–Kier alpha value is -1.42. The number of H-pyrrole nitrogens is 1. The van der Waals surface area contributed by atoms with Crippen LogP contribution < -0.4 is 5.69 Å². The molecule has 0 unspecified atom stereocenters. The molecule has 3 nitrogen and oxygen atoms in total. The van der Waals surface area contributed by atoms with Crippen molar-refractivity contribution < 1.29 is 0 Å². The van der Waals surface area contributed by atoms with E-state index in [0.717, 1.165) is 11.3 Å². The van der Waals surface area contributed by atoms with Crippen LogP contribution in [0.2, 0.25) is 0 Å². The van der Waals surface area contributed by atoms with Gasteiger partial charge in [-0.15, -0.1) is 11.3 Å². The maximum atomic E-state index is 10.9. The van der Waals surface area contributed by atoms with Gasteiger partial charge in [-0.1, -0.05) is 0 Å². The monoisotopic (exact) mass is 192 g/mol. The van der Waals surface area contributed by atoms with Crippen LogP contribution in [0, 0.1) is 6.92 Å². The number of aromatic amines is 1. The molecular weight excluding hydrogens is 184 g/mol. The van der Waals surface area contributed by atoms with Crippen molar-refractivity contribution in [3.8, 4) is 11.3 Å². The summed E-state index contributed by atoms with van der Waals surface area (Å²) < 4.78 is 0. The van der Waals surface area contributed by atoms with E-state index in [0.29, 0.717) is 0 Å². The molecule has 2 aromatic rings. The molecule has 0 fully saturated rings. The Bertz CT molecular complexity index is 472. The number of thiophene rings is 1. The molecule has 0 saturated heterocycles. The zero-order chi connectivity index (χ0) is 9.26. The number of rotatable bonds is 1. The average Bonchev–Trinajstić information content (AvgIpc) is 2.51. The molecule has 13 heavy (non-hydrogen) atoms. The quantitative estimate of drug-likeness (QED) is 0.749. The summed E-state index contributed by atoms with van der Waals surface area (Å²) in [6.45, 7) is 2.03. The standard InChI is InChI=1S/C9H8N2OS/c1-6-7(3-5-13-6)8-2-4-10-9(12)11-8/h2-5H,1H3,(H,10,11,12). The van der Waals surface area contributed by atoms with E-state index >= 15 is 0 Å². The van der Waals surface area contributed by atoms with Gasteiger partial charge in [0.15, 0.2) is 0 Å². The van der Waals surface area contributed by atoms with Crippen LogP contribution in [0.5, 0.6) is 0 Å². The van der Waals surface area contributed by atoms with Crippen molar-refractivity contribution in [1.29, 1.82) is 0 Å². The van der Waals surface area contributed by atoms with Crippen molar-refractivity contribution >= 4 is 11.3 Å². The van der Waals surface area contributed by atoms with Crippen LogP contribution in [0.25, 0.3) is 11.3 Å². The highest BCUT2D eigenvalue weighted by Crippen LogP contribution is 2.24. The first-order chi connectivity index (χ1) is 6.27. The summed E-state index contributed by atoms with van der Waals surface area (Å²) in [5.41, 5.74) is 1.60. The molecule has 0 aliphatic heterocycles. The minimum atomic E-state index is -0.303. The van der Waals surface area contributed by atoms with Crippen molar-refractivity contribution in [1.82, 2.24) is 9.97 Å². The highest BCUT2D eigenvalue weighted by atomic mass is 32.1. The Morgan fingerprint density at radius 3 is 2.92 bits per heavy atom. The highest BCUT2D eigenvalue weighted by Gasteiger charge is 2.02. The van der Waals surface area contributed by atoms with Crippen molar-refractivity contribution in [3.63, 3.8) is 0 Å². The van der Waals surface area contributed by atoms with Crippen LogP contribution >= 0.6 is 11.3 Å². The second-order valence-corrected chi connectivity index (χ2v) is 3.80. The molecule has 0 bridgehead atoms. The van der Waals surface area contributed by atoms with Gasteiger partial charge in [-0.05, 0) is 24.4 Å². The lowest BCUT2D eigenvalue weighted by Crippen LogP contribution is -2.09. The summed E-state index contributed by atoms with van der Waals surface area (Å²) >= 11 is 1.66. The van der Waals surface area contributed by atoms with Crippen LogP contribution in [0.4, 0.5) is 0 Å². The normalized spacial score (nSPS) is 10.2. The van der Waals surface area contributed by atoms with Gasteiger partial charge in [-0.2, -0.15) is 0 Å². The van der Waals surface area contributed by atoms with Gasteiger partial charge in [-0.25, -0.2) is 9.78 Å². The summed E-state index contributed by atoms with van der Waals surface area (Å²) in [4.78, 5) is 18.4. The van der Waals surface area contributed by atoms with E-state index in [2.05, 4.69) is 9.97 Å². The van der Waals surface area contributed by atoms with E-state index < -0.39 is 0 Å². The maximum Gasteiger partial charge on any atom is 0.345 e. The molecule has 0 atom stereocenters. The average molecular weight is 192 g/mol. The van der Waals surface area contributed by atoms with E-state index in [-0.39, 0.29) is 5.69 Å². The Kier molecular flexibility index (Phi) is 1.98. The zero-order valence-electron chi connectivity index (χ0n) is 7.07. The second kappa shape index (κ2) is 3.14. The summed E-state index contributed by atoms with van der Waals surface area (Å²) in [6.07, 6.45) is 1.52. The number of hydrogen-bond donors (Lipinski definition) is 1. The number of nitrogens with one attached hydrogen (secondary N) is 1. The van der Waals surface area contributed by atoms with Crippen LogP contribution in [-0.4, -0.2) is 9.97 Å². The molecule has 0 amide bonds. The molecule has 0 radical (unpaired) electrons. The molecule has 2 heterocycles. The largest absolute Gasteiger partial charge is 0.345 e. The SMILES string of the molecule is Cc1sccc1-c1ccnc(=O)[nH]1. The lowest BCUT2D eigenvalue weighted by Gasteiger charge is -1.97. The molecular formula is C9H8N2OS. The highest BCUT2D eigenvalue weighted by molar-refractivity contribution is 7.10. The van der Waals surface area contributed by atoms with Gasteiger partial charge < -0.3 is 4.98 Å². The molecule has 0 aromatic carbocycles. The molecule has 0 aliphatic carbocycles. The third-order valence-corrected chi connectivity index (χ3v) is 2.67. The van der Waals surface area contributed by atoms with Crippen molar-refractivity contribution in [3.05, 3.63) is 39.1 Å². The molecule has 2 aromatic heterocycles. The Morgan fingerprint density at radius 2 is 2.31 bits per heavy atom. The number of hydrogen-bond acceptors (Lipinski definition) is 3. The van der Waals surface area contributed by atoms with Crippen LogP contribution in [0.3, 0.4) is 0 Å². The fraction of sp³-hybridized carbons (Fsp3) is 0.111. The van der Waals surface area contributed by atoms with Crippen molar-refractivity contribution in [2.24, 2.45) is 0 Å². The van der Waals surface area contributed by atoms with Gasteiger partial charge in [0.05, 0.1) is 5.69 Å². The van der Waals surface area contributed by atoms with Gasteiger partial charge in [0.1, 0.15) is 0 Å². The predicted molar refractivity (Wildman–Crippen MR) is 52.9 cm³/mol. The zero-order valence-corrected chi connectivity index (χ0v) is 7.89. The number of aromatic nitrogens is 2. The summed E-state index contributed by atoms with van der Waals surface area (Å²) in [7, 11) is 0. The Morgan fingerprint density at radius 1 is 1.46 bits per heavy atom. The van der Waals surface area contributed by atoms with Gasteiger partial charge in [0, 0.05) is 16.6 Å². The molecule has 66 valence electrons. The summed E-state index contributed by atoms with van der Waals surface area (Å²) in [5.74, 6) is 0. The van der Waals surface area contributed by atoms with Crippen molar-refractivity contribution in [2.45, 2.75) is 6.92 Å². The van der Waals surface area contributed by atoms with Crippen LogP contribution in [0.15, 0.2) is 28.5 Å². The third-order valence-electron chi connectivity index (χ3n) is 1.82. The first-order valence-corrected chi connectivity index (χ1v) is 4.75. The molecule has 0 aliphatic rings. The second-order valence-electron chi connectivity index (χ2n) is 2.68. The molecule has 0 saturated carbocycles. The minimum Gasteiger partial charge on any atom is -0.305 e. The van der Waals surface area contributed by atoms with Gasteiger partial charge in [0.25, 0.3) is 0 Å². The van der Waals surface area contributed by atoms with Crippen molar-refractivity contribution in [2.75, 3.05) is 0 Å². The molecule has 4 heteroatoms. The fourth-order valence-corrected chi connectivity index (χ4v) is 1.90. The summed E-state index contributed by atoms with van der Waals surface area (Å²) in [5, 5.41) is 2.00. The number of nitrogens with zero attached hydrogens (tertiary/aromatic N) is 1. The van der Waals surface area contributed by atoms with E-state index in [1.54, 1.807) is 17.4 Å². The lowest BCUT2D eigenvalue weighted by atomic mass is 10.2. The Balaban J connectivity index is 2.59. The first-order valence-electron chi connectivity index (χ1n) is 3.87. The van der Waals surface area contributed by atoms with Gasteiger partial charge >= 0.3 is 5.69 Å². The van der Waals surface area contributed by atoms with Gasteiger partial charge in [-0.3, -0.25) is 0 Å². The van der Waals surface area contributed by atoms with E-state index in [1.165, 1.54) is 11.1 Å². The molecule has 1 N–H and O–H groups in total. The first kappa shape index (κ1) is 8.19. The van der Waals surface area contributed by atoms with E-state index in [1.807, 2.05) is 18.4 Å². The molecule has 0 spiro atoms. The predicted octanol–water partition coefficient (Wildman–Crippen LogP) is 1.81. The van der Waals surface area contributed by atoms with Gasteiger partial charge in [0.2, 0.25) is 0 Å². The van der Waals surface area contributed by atoms with E-state index in [9.17, 15) is 4.79 Å². The third kappa shape index (κ3) is 1.53. The minimum absolute atomic E-state index is 0.303. The summed E-state index contributed by atoms with van der Waals surface area (Å²) in [6, 6.07) is 3.79. The molecule has 2 rings (SSSR count). The van der Waals surface area contributed by atoms with Crippen LogP contribution in [0.1, 0.15) is 4.88 Å². The lowest BCUT2D eigenvalue weighted by molar-refractivity contribution is 1.08. The Labute approximate surface area is 79.1 Å². The van der Waals surface area contributed by atoms with Crippen LogP contribution in [-0.2, 0) is 0 Å². The topological polar surface area (TPSA) is 45.8 Å². The smallest absolute Gasteiger partial charge is 0.305 e. The maximum absolute atomic E-state index is 10.9. The number of aryl methyl sites for hydroxylation is 1. The van der Waals surface area contributed by atoms with E-state index in [4.69, 9.17) is 0 Å². The fourth-order valence-electron chi connectivity index (χ4n) is 1.19.